The van der Waals surface area contributed by atoms with Crippen molar-refractivity contribution in [2.45, 2.75) is 57.8 Å². The molecule has 1 amide bonds. The SMILES string of the molecule is CCc1ccccc1NC(=O)C1CCCN(S(=O)(=O)c2cc(-c3noc(C(C)C)n3)sc2C)C1. The monoisotopic (exact) mass is 502 g/mol. The maximum absolute atomic E-state index is 13.5. The molecule has 3 heterocycles. The Hall–Kier alpha value is -2.56. The number of anilines is 1. The van der Waals surface area contributed by atoms with Gasteiger partial charge < -0.3 is 9.84 Å². The van der Waals surface area contributed by atoms with Crippen LogP contribution in [0, 0.1) is 12.8 Å². The number of benzene rings is 1. The van der Waals surface area contributed by atoms with Gasteiger partial charge in [0.25, 0.3) is 0 Å². The van der Waals surface area contributed by atoms with Crippen LogP contribution in [-0.4, -0.2) is 41.9 Å². The Morgan fingerprint density at radius 2 is 2.09 bits per heavy atom. The molecule has 0 bridgehead atoms. The highest BCUT2D eigenvalue weighted by Crippen LogP contribution is 2.35. The molecular formula is C24H30N4O4S2. The molecule has 1 atom stereocenters. The number of para-hydroxylation sites is 1. The Morgan fingerprint density at radius 3 is 2.79 bits per heavy atom. The van der Waals surface area contributed by atoms with Gasteiger partial charge in [-0.15, -0.1) is 11.3 Å². The number of sulfonamides is 1. The molecule has 8 nitrogen and oxygen atoms in total. The Morgan fingerprint density at radius 1 is 1.32 bits per heavy atom. The first-order valence-corrected chi connectivity index (χ1v) is 13.8. The normalized spacial score (nSPS) is 17.3. The summed E-state index contributed by atoms with van der Waals surface area (Å²) < 4.78 is 33.8. The summed E-state index contributed by atoms with van der Waals surface area (Å²) in [5, 5.41) is 7.01. The van der Waals surface area contributed by atoms with E-state index in [2.05, 4.69) is 15.5 Å². The van der Waals surface area contributed by atoms with Crippen molar-refractivity contribution in [2.24, 2.45) is 5.92 Å². The number of nitrogens with zero attached hydrogens (tertiary/aromatic N) is 3. The second-order valence-corrected chi connectivity index (χ2v) is 12.0. The van der Waals surface area contributed by atoms with Gasteiger partial charge >= 0.3 is 0 Å². The van der Waals surface area contributed by atoms with E-state index in [-0.39, 0.29) is 23.3 Å². The van der Waals surface area contributed by atoms with Crippen molar-refractivity contribution in [1.29, 1.82) is 0 Å². The Balaban J connectivity index is 1.52. The molecule has 1 aliphatic rings. The van der Waals surface area contributed by atoms with Crippen LogP contribution in [-0.2, 0) is 21.2 Å². The van der Waals surface area contributed by atoms with Crippen molar-refractivity contribution in [1.82, 2.24) is 14.4 Å². The first-order chi connectivity index (χ1) is 16.2. The molecule has 2 aromatic heterocycles. The van der Waals surface area contributed by atoms with E-state index < -0.39 is 15.9 Å². The lowest BCUT2D eigenvalue weighted by atomic mass is 9.98. The molecule has 1 aliphatic heterocycles. The van der Waals surface area contributed by atoms with Gasteiger partial charge in [0.05, 0.1) is 15.7 Å². The van der Waals surface area contributed by atoms with Gasteiger partial charge in [-0.3, -0.25) is 4.79 Å². The lowest BCUT2D eigenvalue weighted by Gasteiger charge is -2.31. The van der Waals surface area contributed by atoms with E-state index in [4.69, 9.17) is 4.52 Å². The summed E-state index contributed by atoms with van der Waals surface area (Å²) in [7, 11) is -3.76. The van der Waals surface area contributed by atoms with Gasteiger partial charge in [0.15, 0.2) is 0 Å². The van der Waals surface area contributed by atoms with Crippen LogP contribution < -0.4 is 5.32 Å². The maximum Gasteiger partial charge on any atom is 0.244 e. The lowest BCUT2D eigenvalue weighted by molar-refractivity contribution is -0.120. The van der Waals surface area contributed by atoms with E-state index in [1.807, 2.05) is 45.0 Å². The topological polar surface area (TPSA) is 105 Å². The first-order valence-electron chi connectivity index (χ1n) is 11.5. The molecule has 182 valence electrons. The molecule has 0 radical (unpaired) electrons. The molecule has 1 unspecified atom stereocenters. The van der Waals surface area contributed by atoms with Gasteiger partial charge in [-0.25, -0.2) is 8.42 Å². The van der Waals surface area contributed by atoms with E-state index in [1.54, 1.807) is 13.0 Å². The Labute approximate surface area is 204 Å². The van der Waals surface area contributed by atoms with Gasteiger partial charge in [0.2, 0.25) is 27.6 Å². The number of aromatic nitrogens is 2. The number of amides is 1. The number of carbonyl (C=O) groups excluding carboxylic acids is 1. The lowest BCUT2D eigenvalue weighted by Crippen LogP contribution is -2.43. The van der Waals surface area contributed by atoms with Crippen molar-refractivity contribution in [2.75, 3.05) is 18.4 Å². The number of nitrogens with one attached hydrogen (secondary N) is 1. The summed E-state index contributed by atoms with van der Waals surface area (Å²) in [6, 6.07) is 9.31. The predicted molar refractivity (Wildman–Crippen MR) is 132 cm³/mol. The molecule has 1 aromatic carbocycles. The minimum absolute atomic E-state index is 0.0891. The third-order valence-electron chi connectivity index (χ3n) is 6.06. The van der Waals surface area contributed by atoms with E-state index in [0.29, 0.717) is 40.9 Å². The first kappa shape index (κ1) is 24.6. The number of carbonyl (C=O) groups is 1. The molecular weight excluding hydrogens is 472 g/mol. The average molecular weight is 503 g/mol. The van der Waals surface area contributed by atoms with E-state index >= 15 is 0 Å². The minimum Gasteiger partial charge on any atom is -0.339 e. The second-order valence-electron chi connectivity index (χ2n) is 8.84. The van der Waals surface area contributed by atoms with Crippen molar-refractivity contribution in [3.63, 3.8) is 0 Å². The van der Waals surface area contributed by atoms with Gasteiger partial charge in [-0.05, 0) is 43.9 Å². The molecule has 4 rings (SSSR count). The van der Waals surface area contributed by atoms with Gasteiger partial charge in [-0.2, -0.15) is 9.29 Å². The number of piperidine rings is 1. The number of hydrogen-bond acceptors (Lipinski definition) is 7. The zero-order valence-electron chi connectivity index (χ0n) is 19.9. The fourth-order valence-electron chi connectivity index (χ4n) is 4.10. The average Bonchev–Trinajstić information content (AvgIpc) is 3.47. The molecule has 0 saturated carbocycles. The summed E-state index contributed by atoms with van der Waals surface area (Å²) in [6.07, 6.45) is 2.09. The van der Waals surface area contributed by atoms with E-state index in [9.17, 15) is 13.2 Å². The van der Waals surface area contributed by atoms with Crippen LogP contribution in [0.25, 0.3) is 10.7 Å². The fraction of sp³-hybridized carbons (Fsp3) is 0.458. The summed E-state index contributed by atoms with van der Waals surface area (Å²) in [5.74, 6) is 0.448. The van der Waals surface area contributed by atoms with Gasteiger partial charge in [0.1, 0.15) is 0 Å². The van der Waals surface area contributed by atoms with Crippen LogP contribution in [0.2, 0.25) is 0 Å². The number of rotatable bonds is 7. The fourth-order valence-corrected chi connectivity index (χ4v) is 7.11. The Bertz CT molecular complexity index is 1280. The highest BCUT2D eigenvalue weighted by Gasteiger charge is 2.35. The highest BCUT2D eigenvalue weighted by atomic mass is 32.2. The molecule has 0 spiro atoms. The van der Waals surface area contributed by atoms with Crippen molar-refractivity contribution >= 4 is 33.0 Å². The largest absolute Gasteiger partial charge is 0.339 e. The molecule has 1 N–H and O–H groups in total. The highest BCUT2D eigenvalue weighted by molar-refractivity contribution is 7.89. The molecule has 0 aliphatic carbocycles. The van der Waals surface area contributed by atoms with Gasteiger partial charge in [0, 0.05) is 29.6 Å². The van der Waals surface area contributed by atoms with E-state index in [1.165, 1.54) is 15.6 Å². The van der Waals surface area contributed by atoms with Crippen LogP contribution in [0.4, 0.5) is 5.69 Å². The van der Waals surface area contributed by atoms with Gasteiger partial charge in [-0.1, -0.05) is 44.1 Å². The molecule has 34 heavy (non-hydrogen) atoms. The van der Waals surface area contributed by atoms with Crippen molar-refractivity contribution < 1.29 is 17.7 Å². The van der Waals surface area contributed by atoms with Crippen molar-refractivity contribution in [3.05, 3.63) is 46.7 Å². The third-order valence-corrected chi connectivity index (χ3v) is 9.22. The van der Waals surface area contributed by atoms with Crippen LogP contribution in [0.1, 0.15) is 55.9 Å². The zero-order valence-corrected chi connectivity index (χ0v) is 21.5. The van der Waals surface area contributed by atoms with Crippen LogP contribution in [0.3, 0.4) is 0 Å². The van der Waals surface area contributed by atoms with E-state index in [0.717, 1.165) is 17.7 Å². The number of thiophene rings is 1. The smallest absolute Gasteiger partial charge is 0.244 e. The van der Waals surface area contributed by atoms with Crippen LogP contribution in [0.5, 0.6) is 0 Å². The Kier molecular flexibility index (Phi) is 7.20. The minimum atomic E-state index is -3.76. The summed E-state index contributed by atoms with van der Waals surface area (Å²) in [6.45, 7) is 8.28. The summed E-state index contributed by atoms with van der Waals surface area (Å²) in [5.41, 5.74) is 1.84. The maximum atomic E-state index is 13.5. The summed E-state index contributed by atoms with van der Waals surface area (Å²) >= 11 is 1.33. The predicted octanol–water partition coefficient (Wildman–Crippen LogP) is 4.83. The number of aryl methyl sites for hydroxylation is 2. The summed E-state index contributed by atoms with van der Waals surface area (Å²) in [4.78, 5) is 18.9. The quantitative estimate of drug-likeness (QED) is 0.496. The van der Waals surface area contributed by atoms with Crippen LogP contribution >= 0.6 is 11.3 Å². The molecule has 1 fully saturated rings. The molecule has 3 aromatic rings. The molecule has 10 heteroatoms. The molecule has 1 saturated heterocycles. The zero-order chi connectivity index (χ0) is 24.5. The standard InChI is InChI=1S/C24H30N4O4S2/c1-5-17-9-6-7-11-19(17)25-23(29)18-10-8-12-28(14-18)34(30,31)21-13-20(33-16(21)4)22-26-24(15(2)3)32-27-22/h6-7,9,11,13,15,18H,5,8,10,12,14H2,1-4H3,(H,25,29). The number of hydrogen-bond donors (Lipinski definition) is 1. The van der Waals surface area contributed by atoms with Crippen LogP contribution in [0.15, 0.2) is 39.8 Å². The third kappa shape index (κ3) is 4.94. The second kappa shape index (κ2) is 9.97. The van der Waals surface area contributed by atoms with Crippen molar-refractivity contribution in [3.8, 4) is 10.7 Å².